The SMILES string of the molecule is CC#CCC1CCCCCC1CNC(C)C. The first-order valence-electron chi connectivity index (χ1n) is 6.87. The molecule has 0 spiro atoms. The molecule has 1 fully saturated rings. The summed E-state index contributed by atoms with van der Waals surface area (Å²) in [4.78, 5) is 0. The van der Waals surface area contributed by atoms with E-state index >= 15 is 0 Å². The molecule has 1 aliphatic carbocycles. The van der Waals surface area contributed by atoms with Gasteiger partial charge in [-0.25, -0.2) is 0 Å². The van der Waals surface area contributed by atoms with Crippen LogP contribution >= 0.6 is 0 Å². The normalized spacial score (nSPS) is 26.0. The molecular weight excluding hydrogens is 194 g/mol. The summed E-state index contributed by atoms with van der Waals surface area (Å²) in [6.45, 7) is 7.61. The zero-order valence-corrected chi connectivity index (χ0v) is 11.2. The fourth-order valence-electron chi connectivity index (χ4n) is 2.62. The van der Waals surface area contributed by atoms with Crippen LogP contribution in [0.4, 0.5) is 0 Å². The van der Waals surface area contributed by atoms with Crippen molar-refractivity contribution in [3.63, 3.8) is 0 Å². The highest BCUT2D eigenvalue weighted by Crippen LogP contribution is 2.30. The highest BCUT2D eigenvalue weighted by Gasteiger charge is 2.22. The molecule has 0 heterocycles. The van der Waals surface area contributed by atoms with Crippen molar-refractivity contribution in [1.29, 1.82) is 0 Å². The van der Waals surface area contributed by atoms with Crippen molar-refractivity contribution in [3.8, 4) is 11.8 Å². The lowest BCUT2D eigenvalue weighted by Crippen LogP contribution is -2.32. The molecule has 1 heteroatoms. The smallest absolute Gasteiger partial charge is 0.0120 e. The molecule has 1 saturated carbocycles. The van der Waals surface area contributed by atoms with Gasteiger partial charge < -0.3 is 5.32 Å². The Bertz CT molecular complexity index is 234. The van der Waals surface area contributed by atoms with E-state index in [0.717, 1.165) is 18.3 Å². The molecule has 0 bridgehead atoms. The van der Waals surface area contributed by atoms with E-state index in [1.54, 1.807) is 0 Å². The highest BCUT2D eigenvalue weighted by molar-refractivity contribution is 4.98. The van der Waals surface area contributed by atoms with Gasteiger partial charge in [0.1, 0.15) is 0 Å². The minimum absolute atomic E-state index is 0.612. The Hall–Kier alpha value is -0.480. The van der Waals surface area contributed by atoms with E-state index in [1.165, 1.54) is 38.6 Å². The van der Waals surface area contributed by atoms with Crippen molar-refractivity contribution in [2.45, 2.75) is 65.3 Å². The van der Waals surface area contributed by atoms with Crippen LogP contribution in [0.1, 0.15) is 59.3 Å². The molecule has 0 aromatic heterocycles. The molecule has 0 radical (unpaired) electrons. The van der Waals surface area contributed by atoms with Gasteiger partial charge in [-0.2, -0.15) is 0 Å². The lowest BCUT2D eigenvalue weighted by molar-refractivity contribution is 0.297. The van der Waals surface area contributed by atoms with Gasteiger partial charge >= 0.3 is 0 Å². The van der Waals surface area contributed by atoms with Crippen molar-refractivity contribution in [1.82, 2.24) is 5.32 Å². The van der Waals surface area contributed by atoms with Crippen LogP contribution in [0.15, 0.2) is 0 Å². The highest BCUT2D eigenvalue weighted by atomic mass is 14.9. The average Bonchev–Trinajstić information content (AvgIpc) is 2.48. The van der Waals surface area contributed by atoms with Gasteiger partial charge in [0.2, 0.25) is 0 Å². The molecule has 0 aromatic rings. The van der Waals surface area contributed by atoms with E-state index in [-0.39, 0.29) is 0 Å². The zero-order chi connectivity index (χ0) is 11.8. The van der Waals surface area contributed by atoms with Crippen LogP contribution in [0.3, 0.4) is 0 Å². The molecule has 0 amide bonds. The molecule has 2 unspecified atom stereocenters. The van der Waals surface area contributed by atoms with Crippen molar-refractivity contribution in [2.24, 2.45) is 11.8 Å². The summed E-state index contributed by atoms with van der Waals surface area (Å²) in [7, 11) is 0. The predicted molar refractivity (Wildman–Crippen MR) is 71.3 cm³/mol. The van der Waals surface area contributed by atoms with E-state index in [1.807, 2.05) is 6.92 Å². The molecule has 2 atom stereocenters. The third-order valence-electron chi connectivity index (χ3n) is 3.65. The van der Waals surface area contributed by atoms with Gasteiger partial charge in [-0.1, -0.05) is 33.1 Å². The van der Waals surface area contributed by atoms with Gasteiger partial charge in [-0.15, -0.1) is 11.8 Å². The Morgan fingerprint density at radius 1 is 1.12 bits per heavy atom. The van der Waals surface area contributed by atoms with E-state index < -0.39 is 0 Å². The summed E-state index contributed by atoms with van der Waals surface area (Å²) in [6, 6.07) is 0.612. The standard InChI is InChI=1S/C15H27N/c1-4-5-9-14-10-7-6-8-11-15(14)12-16-13(2)3/h13-16H,6-12H2,1-3H3. The van der Waals surface area contributed by atoms with Crippen LogP contribution in [0.2, 0.25) is 0 Å². The van der Waals surface area contributed by atoms with Gasteiger partial charge in [0, 0.05) is 12.5 Å². The van der Waals surface area contributed by atoms with Gasteiger partial charge in [-0.3, -0.25) is 0 Å². The molecule has 1 N–H and O–H groups in total. The molecule has 16 heavy (non-hydrogen) atoms. The average molecular weight is 221 g/mol. The van der Waals surface area contributed by atoms with E-state index in [9.17, 15) is 0 Å². The molecule has 1 rings (SSSR count). The molecule has 1 aliphatic rings. The Kier molecular flexibility index (Phi) is 6.57. The van der Waals surface area contributed by atoms with Crippen LogP contribution in [-0.2, 0) is 0 Å². The molecular formula is C15H27N. The Morgan fingerprint density at radius 2 is 1.81 bits per heavy atom. The quantitative estimate of drug-likeness (QED) is 0.565. The zero-order valence-electron chi connectivity index (χ0n) is 11.2. The Balaban J connectivity index is 2.46. The largest absolute Gasteiger partial charge is 0.314 e. The number of hydrogen-bond donors (Lipinski definition) is 1. The summed E-state index contributed by atoms with van der Waals surface area (Å²) >= 11 is 0. The van der Waals surface area contributed by atoms with E-state index in [4.69, 9.17) is 0 Å². The lowest BCUT2D eigenvalue weighted by Gasteiger charge is -2.25. The van der Waals surface area contributed by atoms with Gasteiger partial charge in [0.15, 0.2) is 0 Å². The Labute approximate surface area is 101 Å². The van der Waals surface area contributed by atoms with Crippen molar-refractivity contribution in [3.05, 3.63) is 0 Å². The second kappa shape index (κ2) is 7.74. The van der Waals surface area contributed by atoms with Crippen LogP contribution in [0.5, 0.6) is 0 Å². The van der Waals surface area contributed by atoms with Gasteiger partial charge in [0.05, 0.1) is 0 Å². The maximum Gasteiger partial charge on any atom is 0.0120 e. The van der Waals surface area contributed by atoms with Crippen LogP contribution in [0, 0.1) is 23.7 Å². The molecule has 0 aromatic carbocycles. The van der Waals surface area contributed by atoms with Gasteiger partial charge in [-0.05, 0) is 38.1 Å². The maximum absolute atomic E-state index is 3.60. The number of rotatable bonds is 4. The minimum Gasteiger partial charge on any atom is -0.314 e. The van der Waals surface area contributed by atoms with E-state index in [0.29, 0.717) is 6.04 Å². The fourth-order valence-corrected chi connectivity index (χ4v) is 2.62. The van der Waals surface area contributed by atoms with Crippen molar-refractivity contribution >= 4 is 0 Å². The van der Waals surface area contributed by atoms with Crippen molar-refractivity contribution < 1.29 is 0 Å². The summed E-state index contributed by atoms with van der Waals surface area (Å²) in [5.41, 5.74) is 0. The second-order valence-corrected chi connectivity index (χ2v) is 5.35. The molecule has 0 saturated heterocycles. The fraction of sp³-hybridized carbons (Fsp3) is 0.867. The number of nitrogens with one attached hydrogen (secondary N) is 1. The van der Waals surface area contributed by atoms with Crippen LogP contribution < -0.4 is 5.32 Å². The van der Waals surface area contributed by atoms with Crippen molar-refractivity contribution in [2.75, 3.05) is 6.54 Å². The lowest BCUT2D eigenvalue weighted by atomic mass is 9.85. The first-order chi connectivity index (χ1) is 7.74. The summed E-state index contributed by atoms with van der Waals surface area (Å²) in [5.74, 6) is 8.02. The topological polar surface area (TPSA) is 12.0 Å². The third-order valence-corrected chi connectivity index (χ3v) is 3.65. The number of hydrogen-bond acceptors (Lipinski definition) is 1. The van der Waals surface area contributed by atoms with Crippen LogP contribution in [0.25, 0.3) is 0 Å². The summed E-state index contributed by atoms with van der Waals surface area (Å²) in [5, 5.41) is 3.60. The second-order valence-electron chi connectivity index (χ2n) is 5.35. The molecule has 1 nitrogen and oxygen atoms in total. The van der Waals surface area contributed by atoms with Crippen LogP contribution in [-0.4, -0.2) is 12.6 Å². The third kappa shape index (κ3) is 5.03. The minimum atomic E-state index is 0.612. The monoisotopic (exact) mass is 221 g/mol. The van der Waals surface area contributed by atoms with E-state index in [2.05, 4.69) is 31.0 Å². The maximum atomic E-state index is 3.60. The first kappa shape index (κ1) is 13.6. The first-order valence-corrected chi connectivity index (χ1v) is 6.87. The predicted octanol–water partition coefficient (Wildman–Crippen LogP) is 3.59. The van der Waals surface area contributed by atoms with Gasteiger partial charge in [0.25, 0.3) is 0 Å². The molecule has 0 aliphatic heterocycles. The Morgan fingerprint density at radius 3 is 2.44 bits per heavy atom. The summed E-state index contributed by atoms with van der Waals surface area (Å²) < 4.78 is 0. The summed E-state index contributed by atoms with van der Waals surface area (Å²) in [6.07, 6.45) is 8.15. The molecule has 92 valence electrons.